The van der Waals surface area contributed by atoms with Crippen LogP contribution in [-0.2, 0) is 11.3 Å². The second kappa shape index (κ2) is 8.42. The first-order valence-electron chi connectivity index (χ1n) is 8.00. The third-order valence-electron chi connectivity index (χ3n) is 4.57. The summed E-state index contributed by atoms with van der Waals surface area (Å²) in [5.74, 6) is 0.916. The third-order valence-corrected chi connectivity index (χ3v) is 4.57. The number of nitrogens with zero attached hydrogens (tertiary/aromatic N) is 3. The Morgan fingerprint density at radius 1 is 1.35 bits per heavy atom. The lowest BCUT2D eigenvalue weighted by atomic mass is 9.91. The standard InChI is InChI=1S/C16H29N3O/c1-15(6-13-19-10-4-9-17-19)18-11-7-16(8-12-18)5-3-14-20-2/h4,9-10,15-16H,3,5-8,11-14H2,1-2H3. The van der Waals surface area contributed by atoms with Crippen molar-refractivity contribution in [1.82, 2.24) is 14.7 Å². The number of likely N-dealkylation sites (tertiary alicyclic amines) is 1. The molecule has 1 fully saturated rings. The Morgan fingerprint density at radius 3 is 2.80 bits per heavy atom. The summed E-state index contributed by atoms with van der Waals surface area (Å²) in [6.45, 7) is 6.83. The summed E-state index contributed by atoms with van der Waals surface area (Å²) in [4.78, 5) is 2.65. The molecule has 1 unspecified atom stereocenters. The minimum absolute atomic E-state index is 0.666. The van der Waals surface area contributed by atoms with Gasteiger partial charge in [-0.25, -0.2) is 0 Å². The molecule has 114 valence electrons. The van der Waals surface area contributed by atoms with Gasteiger partial charge in [-0.1, -0.05) is 0 Å². The van der Waals surface area contributed by atoms with Crippen LogP contribution in [-0.4, -0.2) is 47.5 Å². The lowest BCUT2D eigenvalue weighted by molar-refractivity contribution is 0.120. The fourth-order valence-electron chi connectivity index (χ4n) is 3.13. The highest BCUT2D eigenvalue weighted by molar-refractivity contribution is 4.80. The molecule has 1 aliphatic heterocycles. The van der Waals surface area contributed by atoms with Crippen LogP contribution in [0.4, 0.5) is 0 Å². The topological polar surface area (TPSA) is 30.3 Å². The minimum atomic E-state index is 0.666. The zero-order valence-corrected chi connectivity index (χ0v) is 13.0. The van der Waals surface area contributed by atoms with Crippen molar-refractivity contribution < 1.29 is 4.74 Å². The van der Waals surface area contributed by atoms with Crippen LogP contribution in [0.2, 0.25) is 0 Å². The first-order chi connectivity index (χ1) is 9.79. The quantitative estimate of drug-likeness (QED) is 0.686. The molecule has 1 aromatic heterocycles. The average molecular weight is 279 g/mol. The van der Waals surface area contributed by atoms with E-state index in [1.165, 1.54) is 45.2 Å². The predicted octanol–water partition coefficient (Wildman–Crippen LogP) is 2.80. The molecule has 0 bridgehead atoms. The summed E-state index contributed by atoms with van der Waals surface area (Å²) >= 11 is 0. The zero-order valence-electron chi connectivity index (χ0n) is 13.0. The van der Waals surface area contributed by atoms with Gasteiger partial charge in [-0.05, 0) is 64.1 Å². The van der Waals surface area contributed by atoms with Gasteiger partial charge in [0.25, 0.3) is 0 Å². The van der Waals surface area contributed by atoms with Crippen molar-refractivity contribution in [3.8, 4) is 0 Å². The molecule has 0 spiro atoms. The second-order valence-corrected chi connectivity index (χ2v) is 6.02. The molecule has 0 amide bonds. The molecule has 1 atom stereocenters. The first kappa shape index (κ1) is 15.5. The van der Waals surface area contributed by atoms with Crippen molar-refractivity contribution in [2.45, 2.75) is 51.6 Å². The number of ether oxygens (including phenoxy) is 1. The summed E-state index contributed by atoms with van der Waals surface area (Å²) < 4.78 is 7.18. The molecule has 1 aromatic rings. The summed E-state index contributed by atoms with van der Waals surface area (Å²) in [5, 5.41) is 4.27. The molecule has 2 heterocycles. The van der Waals surface area contributed by atoms with Crippen LogP contribution in [0.1, 0.15) is 39.0 Å². The monoisotopic (exact) mass is 279 g/mol. The van der Waals surface area contributed by atoms with Crippen molar-refractivity contribution in [2.24, 2.45) is 5.92 Å². The maximum absolute atomic E-state index is 5.14. The van der Waals surface area contributed by atoms with E-state index in [2.05, 4.69) is 23.1 Å². The lowest BCUT2D eigenvalue weighted by Gasteiger charge is -2.36. The van der Waals surface area contributed by atoms with Crippen molar-refractivity contribution in [1.29, 1.82) is 0 Å². The summed E-state index contributed by atoms with van der Waals surface area (Å²) in [6, 6.07) is 2.66. The normalized spacial score (nSPS) is 19.3. The second-order valence-electron chi connectivity index (χ2n) is 6.02. The van der Waals surface area contributed by atoms with Crippen LogP contribution in [0.15, 0.2) is 18.5 Å². The molecule has 4 heteroatoms. The van der Waals surface area contributed by atoms with E-state index in [0.29, 0.717) is 6.04 Å². The van der Waals surface area contributed by atoms with Gasteiger partial charge in [-0.3, -0.25) is 4.68 Å². The largest absolute Gasteiger partial charge is 0.385 e. The van der Waals surface area contributed by atoms with Gasteiger partial charge < -0.3 is 9.64 Å². The van der Waals surface area contributed by atoms with Gasteiger partial charge in [0.15, 0.2) is 0 Å². The SMILES string of the molecule is COCCCC1CCN(C(C)CCn2cccn2)CC1. The smallest absolute Gasteiger partial charge is 0.0489 e. The van der Waals surface area contributed by atoms with E-state index in [-0.39, 0.29) is 0 Å². The van der Waals surface area contributed by atoms with E-state index < -0.39 is 0 Å². The van der Waals surface area contributed by atoms with E-state index in [1.807, 2.05) is 16.9 Å². The fourth-order valence-corrected chi connectivity index (χ4v) is 3.13. The predicted molar refractivity (Wildman–Crippen MR) is 81.7 cm³/mol. The van der Waals surface area contributed by atoms with Crippen LogP contribution < -0.4 is 0 Å². The number of hydrogen-bond donors (Lipinski definition) is 0. The highest BCUT2D eigenvalue weighted by Gasteiger charge is 2.22. The molecule has 0 aliphatic carbocycles. The number of aryl methyl sites for hydroxylation is 1. The zero-order chi connectivity index (χ0) is 14.2. The fraction of sp³-hybridized carbons (Fsp3) is 0.812. The Balaban J connectivity index is 1.62. The van der Waals surface area contributed by atoms with E-state index in [9.17, 15) is 0 Å². The van der Waals surface area contributed by atoms with Gasteiger partial charge in [0.2, 0.25) is 0 Å². The van der Waals surface area contributed by atoms with Gasteiger partial charge >= 0.3 is 0 Å². The number of rotatable bonds is 8. The Hall–Kier alpha value is -0.870. The van der Waals surface area contributed by atoms with Crippen LogP contribution in [0.25, 0.3) is 0 Å². The number of piperidine rings is 1. The van der Waals surface area contributed by atoms with E-state index in [1.54, 1.807) is 7.11 Å². The average Bonchev–Trinajstić information content (AvgIpc) is 2.99. The molecule has 0 aromatic carbocycles. The first-order valence-corrected chi connectivity index (χ1v) is 8.00. The van der Waals surface area contributed by atoms with Gasteiger partial charge in [-0.2, -0.15) is 5.10 Å². The molecule has 2 rings (SSSR count). The molecule has 0 radical (unpaired) electrons. The summed E-state index contributed by atoms with van der Waals surface area (Å²) in [6.07, 6.45) is 10.4. The summed E-state index contributed by atoms with van der Waals surface area (Å²) in [7, 11) is 1.80. The lowest BCUT2D eigenvalue weighted by Crippen LogP contribution is -2.40. The van der Waals surface area contributed by atoms with Crippen LogP contribution in [0.3, 0.4) is 0 Å². The van der Waals surface area contributed by atoms with Gasteiger partial charge in [0.1, 0.15) is 0 Å². The van der Waals surface area contributed by atoms with Crippen molar-refractivity contribution >= 4 is 0 Å². The van der Waals surface area contributed by atoms with E-state index >= 15 is 0 Å². The Bertz CT molecular complexity index is 345. The van der Waals surface area contributed by atoms with E-state index in [0.717, 1.165) is 19.1 Å². The number of aromatic nitrogens is 2. The number of methoxy groups -OCH3 is 1. The summed E-state index contributed by atoms with van der Waals surface area (Å²) in [5.41, 5.74) is 0. The third kappa shape index (κ3) is 4.91. The van der Waals surface area contributed by atoms with Gasteiger partial charge in [0.05, 0.1) is 0 Å². The van der Waals surface area contributed by atoms with Crippen molar-refractivity contribution in [3.63, 3.8) is 0 Å². The van der Waals surface area contributed by atoms with Crippen molar-refractivity contribution in [2.75, 3.05) is 26.8 Å². The molecular formula is C16H29N3O. The molecule has 20 heavy (non-hydrogen) atoms. The van der Waals surface area contributed by atoms with Gasteiger partial charge in [0, 0.05) is 38.7 Å². The number of hydrogen-bond acceptors (Lipinski definition) is 3. The Labute approximate surface area is 123 Å². The van der Waals surface area contributed by atoms with Crippen LogP contribution >= 0.6 is 0 Å². The van der Waals surface area contributed by atoms with Crippen LogP contribution in [0.5, 0.6) is 0 Å². The van der Waals surface area contributed by atoms with Crippen LogP contribution in [0, 0.1) is 5.92 Å². The molecule has 1 aliphatic rings. The Morgan fingerprint density at radius 2 is 2.15 bits per heavy atom. The maximum atomic E-state index is 5.14. The highest BCUT2D eigenvalue weighted by atomic mass is 16.5. The highest BCUT2D eigenvalue weighted by Crippen LogP contribution is 2.23. The van der Waals surface area contributed by atoms with Gasteiger partial charge in [-0.15, -0.1) is 0 Å². The molecule has 0 N–H and O–H groups in total. The Kier molecular flexibility index (Phi) is 6.54. The molecular weight excluding hydrogens is 250 g/mol. The minimum Gasteiger partial charge on any atom is -0.385 e. The van der Waals surface area contributed by atoms with E-state index in [4.69, 9.17) is 4.74 Å². The molecule has 0 saturated carbocycles. The maximum Gasteiger partial charge on any atom is 0.0489 e. The van der Waals surface area contributed by atoms with Crippen molar-refractivity contribution in [3.05, 3.63) is 18.5 Å². The molecule has 1 saturated heterocycles. The molecule has 4 nitrogen and oxygen atoms in total.